The van der Waals surface area contributed by atoms with Gasteiger partial charge in [0.1, 0.15) is 6.61 Å². The number of esters is 2. The zero-order chi connectivity index (χ0) is 39.3. The van der Waals surface area contributed by atoms with Crippen molar-refractivity contribution in [2.24, 2.45) is 0 Å². The Labute approximate surface area is 335 Å². The standard InChI is InChI=1S/C49H88O5/c1-3-5-7-9-11-13-14-15-16-17-18-19-20-21-22-23-24-25-26-27-28-29-30-31-32-33-34-36-38-40-42-44-49(52)54-47(45-50)46-53-48(51)43-41-39-37-35-12-10-8-6-4-2/h5,7,11,13,15-16,18-19,47,50H,3-4,6,8-10,12,14,17,20-46H2,1-2H3/b7-5-,13-11-,16-15-,19-18-. The van der Waals surface area contributed by atoms with Crippen LogP contribution in [0.3, 0.4) is 0 Å². The van der Waals surface area contributed by atoms with Gasteiger partial charge in [-0.3, -0.25) is 9.59 Å². The first kappa shape index (κ1) is 51.9. The molecule has 0 aromatic heterocycles. The molecule has 5 heteroatoms. The Balaban J connectivity index is 3.42. The second kappa shape index (κ2) is 45.3. The number of hydrogen-bond acceptors (Lipinski definition) is 5. The molecule has 5 nitrogen and oxygen atoms in total. The number of rotatable bonds is 42. The van der Waals surface area contributed by atoms with Crippen LogP contribution in [0.25, 0.3) is 0 Å². The maximum Gasteiger partial charge on any atom is 0.306 e. The van der Waals surface area contributed by atoms with E-state index in [1.165, 1.54) is 141 Å². The van der Waals surface area contributed by atoms with E-state index < -0.39 is 6.10 Å². The van der Waals surface area contributed by atoms with Gasteiger partial charge in [-0.25, -0.2) is 0 Å². The lowest BCUT2D eigenvalue weighted by atomic mass is 10.0. The molecule has 0 spiro atoms. The predicted octanol–water partition coefficient (Wildman–Crippen LogP) is 15.0. The molecule has 1 unspecified atom stereocenters. The summed E-state index contributed by atoms with van der Waals surface area (Å²) >= 11 is 0. The predicted molar refractivity (Wildman–Crippen MR) is 233 cm³/mol. The van der Waals surface area contributed by atoms with E-state index in [2.05, 4.69) is 62.5 Å². The van der Waals surface area contributed by atoms with Gasteiger partial charge < -0.3 is 14.6 Å². The second-order valence-electron chi connectivity index (χ2n) is 15.5. The summed E-state index contributed by atoms with van der Waals surface area (Å²) in [5.41, 5.74) is 0. The van der Waals surface area contributed by atoms with Crippen LogP contribution in [-0.2, 0) is 19.1 Å². The molecule has 0 saturated carbocycles. The third-order valence-corrected chi connectivity index (χ3v) is 10.1. The van der Waals surface area contributed by atoms with Gasteiger partial charge in [0.15, 0.2) is 6.10 Å². The summed E-state index contributed by atoms with van der Waals surface area (Å²) in [5, 5.41) is 9.55. The molecule has 0 saturated heterocycles. The Morgan fingerprint density at radius 3 is 1.20 bits per heavy atom. The van der Waals surface area contributed by atoms with E-state index in [0.29, 0.717) is 12.8 Å². The molecule has 314 valence electrons. The van der Waals surface area contributed by atoms with E-state index >= 15 is 0 Å². The number of hydrogen-bond donors (Lipinski definition) is 1. The molecule has 0 aliphatic rings. The molecule has 0 radical (unpaired) electrons. The highest BCUT2D eigenvalue weighted by molar-refractivity contribution is 5.70. The molecule has 0 rings (SSSR count). The zero-order valence-corrected chi connectivity index (χ0v) is 35.7. The van der Waals surface area contributed by atoms with Crippen LogP contribution < -0.4 is 0 Å². The zero-order valence-electron chi connectivity index (χ0n) is 35.7. The Kier molecular flexibility index (Phi) is 43.5. The number of unbranched alkanes of at least 4 members (excludes halogenated alkanes) is 26. The normalized spacial score (nSPS) is 12.6. The van der Waals surface area contributed by atoms with E-state index in [0.717, 1.165) is 64.2 Å². The van der Waals surface area contributed by atoms with Crippen molar-refractivity contribution in [2.75, 3.05) is 13.2 Å². The Hall–Kier alpha value is -2.14. The summed E-state index contributed by atoms with van der Waals surface area (Å²) in [6.07, 6.45) is 57.9. The fraction of sp³-hybridized carbons (Fsp3) is 0.796. The number of carbonyl (C=O) groups excluding carboxylic acids is 2. The average molecular weight is 757 g/mol. The molecule has 54 heavy (non-hydrogen) atoms. The average Bonchev–Trinajstić information content (AvgIpc) is 3.17. The minimum absolute atomic E-state index is 0.0620. The molecule has 0 fully saturated rings. The fourth-order valence-electron chi connectivity index (χ4n) is 6.66. The van der Waals surface area contributed by atoms with Crippen molar-refractivity contribution < 1.29 is 24.2 Å². The number of aliphatic hydroxyl groups is 1. The van der Waals surface area contributed by atoms with Gasteiger partial charge in [-0.1, -0.05) is 217 Å². The number of carbonyl (C=O) groups is 2. The van der Waals surface area contributed by atoms with Crippen LogP contribution in [0, 0.1) is 0 Å². The van der Waals surface area contributed by atoms with Gasteiger partial charge in [-0.2, -0.15) is 0 Å². The smallest absolute Gasteiger partial charge is 0.306 e. The van der Waals surface area contributed by atoms with E-state index in [1.54, 1.807) is 0 Å². The highest BCUT2D eigenvalue weighted by Crippen LogP contribution is 2.16. The van der Waals surface area contributed by atoms with E-state index in [4.69, 9.17) is 9.47 Å². The lowest BCUT2D eigenvalue weighted by molar-refractivity contribution is -0.161. The summed E-state index contributed by atoms with van der Waals surface area (Å²) in [7, 11) is 0. The van der Waals surface area contributed by atoms with Crippen molar-refractivity contribution >= 4 is 11.9 Å². The first-order chi connectivity index (χ1) is 26.6. The summed E-state index contributed by atoms with van der Waals surface area (Å²) < 4.78 is 10.6. The molecule has 0 aliphatic carbocycles. The topological polar surface area (TPSA) is 72.8 Å². The number of aliphatic hydroxyl groups excluding tert-OH is 1. The third-order valence-electron chi connectivity index (χ3n) is 10.1. The van der Waals surface area contributed by atoms with Crippen LogP contribution in [0.5, 0.6) is 0 Å². The van der Waals surface area contributed by atoms with Crippen molar-refractivity contribution in [2.45, 2.75) is 238 Å². The summed E-state index contributed by atoms with van der Waals surface area (Å²) in [6.45, 7) is 4.01. The van der Waals surface area contributed by atoms with Crippen molar-refractivity contribution in [1.29, 1.82) is 0 Å². The third kappa shape index (κ3) is 42.6. The van der Waals surface area contributed by atoms with E-state index in [1.807, 2.05) is 0 Å². The molecule has 0 aromatic carbocycles. The molecular formula is C49H88O5. The molecule has 0 heterocycles. The first-order valence-electron chi connectivity index (χ1n) is 23.2. The number of allylic oxidation sites excluding steroid dienone is 8. The largest absolute Gasteiger partial charge is 0.462 e. The van der Waals surface area contributed by atoms with Gasteiger partial charge in [-0.15, -0.1) is 0 Å². The maximum absolute atomic E-state index is 12.2. The van der Waals surface area contributed by atoms with Crippen molar-refractivity contribution in [1.82, 2.24) is 0 Å². The van der Waals surface area contributed by atoms with Crippen LogP contribution in [0.4, 0.5) is 0 Å². The van der Waals surface area contributed by atoms with Crippen molar-refractivity contribution in [3.05, 3.63) is 48.6 Å². The highest BCUT2D eigenvalue weighted by atomic mass is 16.6. The molecular weight excluding hydrogens is 669 g/mol. The SMILES string of the molecule is CC/C=C\C/C=C\C/C=C\C/C=C\CCCCCCCCCCCCCCCCCCCCC(=O)OC(CO)COC(=O)CCCCCCCCCCC. The number of ether oxygens (including phenoxy) is 2. The fourth-order valence-corrected chi connectivity index (χ4v) is 6.66. The molecule has 1 N–H and O–H groups in total. The van der Waals surface area contributed by atoms with Gasteiger partial charge in [0.25, 0.3) is 0 Å². The Bertz CT molecular complexity index is 904. The molecule has 0 aliphatic heterocycles. The molecule has 1 atom stereocenters. The minimum Gasteiger partial charge on any atom is -0.462 e. The second-order valence-corrected chi connectivity index (χ2v) is 15.5. The lowest BCUT2D eigenvalue weighted by Gasteiger charge is -2.15. The molecule has 0 bridgehead atoms. The van der Waals surface area contributed by atoms with Crippen LogP contribution in [0.1, 0.15) is 232 Å². The van der Waals surface area contributed by atoms with Crippen LogP contribution in [0.2, 0.25) is 0 Å². The van der Waals surface area contributed by atoms with Crippen LogP contribution >= 0.6 is 0 Å². The Morgan fingerprint density at radius 1 is 0.444 bits per heavy atom. The Morgan fingerprint density at radius 2 is 0.796 bits per heavy atom. The maximum atomic E-state index is 12.2. The van der Waals surface area contributed by atoms with Crippen molar-refractivity contribution in [3.8, 4) is 0 Å². The summed E-state index contributed by atoms with van der Waals surface area (Å²) in [5.74, 6) is -0.586. The molecule has 0 aromatic rings. The minimum atomic E-state index is -0.766. The summed E-state index contributed by atoms with van der Waals surface area (Å²) in [4.78, 5) is 24.2. The highest BCUT2D eigenvalue weighted by Gasteiger charge is 2.16. The first-order valence-corrected chi connectivity index (χ1v) is 23.2. The van der Waals surface area contributed by atoms with Crippen LogP contribution in [-0.4, -0.2) is 36.4 Å². The van der Waals surface area contributed by atoms with E-state index in [-0.39, 0.29) is 25.2 Å². The van der Waals surface area contributed by atoms with Crippen molar-refractivity contribution in [3.63, 3.8) is 0 Å². The quantitative estimate of drug-likeness (QED) is 0.0381. The van der Waals surface area contributed by atoms with Gasteiger partial charge in [0.2, 0.25) is 0 Å². The monoisotopic (exact) mass is 757 g/mol. The van der Waals surface area contributed by atoms with Gasteiger partial charge in [-0.05, 0) is 51.4 Å². The lowest BCUT2D eigenvalue weighted by Crippen LogP contribution is -2.28. The summed E-state index contributed by atoms with van der Waals surface area (Å²) in [6, 6.07) is 0. The van der Waals surface area contributed by atoms with Crippen LogP contribution in [0.15, 0.2) is 48.6 Å². The van der Waals surface area contributed by atoms with Gasteiger partial charge >= 0.3 is 11.9 Å². The van der Waals surface area contributed by atoms with Gasteiger partial charge in [0, 0.05) is 12.8 Å². The molecule has 0 amide bonds. The van der Waals surface area contributed by atoms with Gasteiger partial charge in [0.05, 0.1) is 6.61 Å². The van der Waals surface area contributed by atoms with E-state index in [9.17, 15) is 14.7 Å².